The summed E-state index contributed by atoms with van der Waals surface area (Å²) in [4.78, 5) is 18.9. The van der Waals surface area contributed by atoms with Crippen molar-refractivity contribution in [3.63, 3.8) is 0 Å². The summed E-state index contributed by atoms with van der Waals surface area (Å²) < 4.78 is 0. The van der Waals surface area contributed by atoms with Gasteiger partial charge in [0.25, 0.3) is 0 Å². The normalized spacial score (nSPS) is 18.4. The molecule has 1 aromatic rings. The highest BCUT2D eigenvalue weighted by atomic mass is 35.5. The molecule has 4 nitrogen and oxygen atoms in total. The predicted octanol–water partition coefficient (Wildman–Crippen LogP) is 3.06. The van der Waals surface area contributed by atoms with E-state index in [4.69, 9.17) is 11.6 Å². The number of H-pyrrole nitrogens is 1. The summed E-state index contributed by atoms with van der Waals surface area (Å²) in [6.07, 6.45) is 5.17. The summed E-state index contributed by atoms with van der Waals surface area (Å²) >= 11 is 6.23. The first-order valence-corrected chi connectivity index (χ1v) is 7.50. The van der Waals surface area contributed by atoms with E-state index in [0.717, 1.165) is 42.9 Å². The molecule has 1 unspecified atom stereocenters. The molecule has 1 amide bonds. The van der Waals surface area contributed by atoms with Gasteiger partial charge in [0, 0.05) is 49.3 Å². The summed E-state index contributed by atoms with van der Waals surface area (Å²) in [5, 5.41) is 0.690. The van der Waals surface area contributed by atoms with Crippen molar-refractivity contribution in [3.8, 4) is 0 Å². The average Bonchev–Trinajstić information content (AvgIpc) is 2.84. The number of likely N-dealkylation sites (N-methyl/N-ethyl adjacent to an activating group) is 1. The molecule has 0 aliphatic carbocycles. The van der Waals surface area contributed by atoms with Crippen LogP contribution in [0.25, 0.3) is 5.70 Å². The van der Waals surface area contributed by atoms with Crippen LogP contribution in [0.4, 0.5) is 0 Å². The van der Waals surface area contributed by atoms with Gasteiger partial charge in [0.2, 0.25) is 5.91 Å². The fourth-order valence-corrected chi connectivity index (χ4v) is 3.15. The molecule has 1 N–H and O–H groups in total. The molecular weight excluding hydrogens is 286 g/mol. The van der Waals surface area contributed by atoms with Gasteiger partial charge in [0.05, 0.1) is 5.02 Å². The van der Waals surface area contributed by atoms with Crippen molar-refractivity contribution in [2.75, 3.05) is 20.1 Å². The number of halogens is 1. The highest BCUT2D eigenvalue weighted by Crippen LogP contribution is 2.30. The summed E-state index contributed by atoms with van der Waals surface area (Å²) in [6, 6.07) is 0.180. The highest BCUT2D eigenvalue weighted by molar-refractivity contribution is 6.32. The van der Waals surface area contributed by atoms with Crippen LogP contribution in [0.5, 0.6) is 0 Å². The van der Waals surface area contributed by atoms with Gasteiger partial charge in [-0.15, -0.1) is 0 Å². The van der Waals surface area contributed by atoms with Gasteiger partial charge in [-0.05, 0) is 25.8 Å². The van der Waals surface area contributed by atoms with Gasteiger partial charge in [-0.1, -0.05) is 24.8 Å². The number of carbonyl (C=O) groups is 1. The number of rotatable bonds is 4. The average molecular weight is 308 g/mol. The second-order valence-corrected chi connectivity index (χ2v) is 5.89. The standard InChI is InChI=1S/C16H22ClN3O/c1-5-15(21)19(4)13-7-6-8-20(10-13)12(3)16-11(2)18-9-14(16)17/h5,9,13,18H,1,3,6-8,10H2,2,4H3. The van der Waals surface area contributed by atoms with Gasteiger partial charge in [-0.2, -0.15) is 0 Å². The van der Waals surface area contributed by atoms with Crippen LogP contribution in [0, 0.1) is 6.92 Å². The number of hydrogen-bond donors (Lipinski definition) is 1. The van der Waals surface area contributed by atoms with E-state index in [9.17, 15) is 4.79 Å². The number of aromatic amines is 1. The summed E-state index contributed by atoms with van der Waals surface area (Å²) in [5.41, 5.74) is 2.90. The highest BCUT2D eigenvalue weighted by Gasteiger charge is 2.27. The zero-order valence-corrected chi connectivity index (χ0v) is 13.4. The van der Waals surface area contributed by atoms with Crippen LogP contribution in [0.1, 0.15) is 24.1 Å². The Labute approximate surface area is 131 Å². The Bertz CT molecular complexity index is 544. The van der Waals surface area contributed by atoms with Crippen molar-refractivity contribution < 1.29 is 4.79 Å². The van der Waals surface area contributed by atoms with Gasteiger partial charge in [0.15, 0.2) is 0 Å². The predicted molar refractivity (Wildman–Crippen MR) is 87.1 cm³/mol. The number of piperidine rings is 1. The first kappa shape index (κ1) is 15.7. The van der Waals surface area contributed by atoms with E-state index in [1.807, 2.05) is 14.0 Å². The number of carbonyl (C=O) groups excluding carboxylic acids is 1. The number of hydrogen-bond acceptors (Lipinski definition) is 2. The third-order valence-electron chi connectivity index (χ3n) is 4.17. The molecule has 21 heavy (non-hydrogen) atoms. The summed E-state index contributed by atoms with van der Waals surface area (Å²) in [5.74, 6) is -0.0386. The monoisotopic (exact) mass is 307 g/mol. The Morgan fingerprint density at radius 1 is 1.62 bits per heavy atom. The molecular formula is C16H22ClN3O. The molecule has 1 aliphatic rings. The van der Waals surface area contributed by atoms with E-state index in [1.54, 1.807) is 11.1 Å². The maximum absolute atomic E-state index is 11.8. The van der Waals surface area contributed by atoms with E-state index >= 15 is 0 Å². The molecule has 5 heteroatoms. The van der Waals surface area contributed by atoms with Gasteiger partial charge in [-0.3, -0.25) is 4.79 Å². The maximum atomic E-state index is 11.8. The van der Waals surface area contributed by atoms with Crippen molar-refractivity contribution in [1.82, 2.24) is 14.8 Å². The second kappa shape index (κ2) is 6.39. The lowest BCUT2D eigenvalue weighted by Gasteiger charge is -2.39. The largest absolute Gasteiger partial charge is 0.369 e. The van der Waals surface area contributed by atoms with Crippen molar-refractivity contribution in [2.24, 2.45) is 0 Å². The van der Waals surface area contributed by atoms with Crippen LogP contribution in [0.15, 0.2) is 25.4 Å². The van der Waals surface area contributed by atoms with Crippen LogP contribution >= 0.6 is 11.6 Å². The van der Waals surface area contributed by atoms with Crippen LogP contribution in [0.2, 0.25) is 5.02 Å². The van der Waals surface area contributed by atoms with Gasteiger partial charge < -0.3 is 14.8 Å². The van der Waals surface area contributed by atoms with E-state index in [-0.39, 0.29) is 11.9 Å². The van der Waals surface area contributed by atoms with E-state index in [2.05, 4.69) is 23.0 Å². The van der Waals surface area contributed by atoms with Crippen molar-refractivity contribution in [3.05, 3.63) is 41.7 Å². The first-order valence-electron chi connectivity index (χ1n) is 7.12. The first-order chi connectivity index (χ1) is 9.95. The molecule has 0 radical (unpaired) electrons. The minimum Gasteiger partial charge on any atom is -0.369 e. The topological polar surface area (TPSA) is 39.3 Å². The fraction of sp³-hybridized carbons (Fsp3) is 0.438. The van der Waals surface area contributed by atoms with Crippen molar-refractivity contribution in [2.45, 2.75) is 25.8 Å². The second-order valence-electron chi connectivity index (χ2n) is 5.48. The molecule has 0 saturated carbocycles. The Morgan fingerprint density at radius 2 is 2.33 bits per heavy atom. The molecule has 1 fully saturated rings. The molecule has 114 valence electrons. The zero-order chi connectivity index (χ0) is 15.6. The summed E-state index contributed by atoms with van der Waals surface area (Å²) in [7, 11) is 1.83. The zero-order valence-electron chi connectivity index (χ0n) is 12.7. The van der Waals surface area contributed by atoms with E-state index in [0.29, 0.717) is 5.02 Å². The van der Waals surface area contributed by atoms with Gasteiger partial charge in [-0.25, -0.2) is 0 Å². The van der Waals surface area contributed by atoms with E-state index < -0.39 is 0 Å². The Hall–Kier alpha value is -1.68. The van der Waals surface area contributed by atoms with Gasteiger partial charge in [0.1, 0.15) is 0 Å². The van der Waals surface area contributed by atoms with Crippen molar-refractivity contribution in [1.29, 1.82) is 0 Å². The third-order valence-corrected chi connectivity index (χ3v) is 4.46. The molecule has 0 spiro atoms. The quantitative estimate of drug-likeness (QED) is 0.868. The third kappa shape index (κ3) is 3.16. The number of nitrogens with one attached hydrogen (secondary N) is 1. The summed E-state index contributed by atoms with van der Waals surface area (Å²) in [6.45, 7) is 11.4. The molecule has 0 bridgehead atoms. The number of likely N-dealkylation sites (tertiary alicyclic amines) is 1. The lowest BCUT2D eigenvalue weighted by molar-refractivity contribution is -0.127. The number of aromatic nitrogens is 1. The molecule has 1 aliphatic heterocycles. The Kier molecular flexibility index (Phi) is 4.78. The van der Waals surface area contributed by atoms with Crippen molar-refractivity contribution >= 4 is 23.2 Å². The lowest BCUT2D eigenvalue weighted by Crippen LogP contribution is -2.47. The molecule has 1 saturated heterocycles. The van der Waals surface area contributed by atoms with Crippen LogP contribution in [0.3, 0.4) is 0 Å². The smallest absolute Gasteiger partial charge is 0.246 e. The molecule has 2 heterocycles. The lowest BCUT2D eigenvalue weighted by atomic mass is 10.0. The minimum absolute atomic E-state index is 0.0386. The van der Waals surface area contributed by atoms with Crippen LogP contribution in [-0.2, 0) is 4.79 Å². The van der Waals surface area contributed by atoms with Crippen LogP contribution in [-0.4, -0.2) is 46.9 Å². The Morgan fingerprint density at radius 3 is 2.90 bits per heavy atom. The molecule has 2 rings (SSSR count). The minimum atomic E-state index is -0.0386. The maximum Gasteiger partial charge on any atom is 0.246 e. The van der Waals surface area contributed by atoms with Crippen LogP contribution < -0.4 is 0 Å². The molecule has 1 aromatic heterocycles. The number of nitrogens with zero attached hydrogens (tertiary/aromatic N) is 2. The van der Waals surface area contributed by atoms with E-state index in [1.165, 1.54) is 6.08 Å². The molecule has 0 aromatic carbocycles. The van der Waals surface area contributed by atoms with Gasteiger partial charge >= 0.3 is 0 Å². The fourth-order valence-electron chi connectivity index (χ4n) is 2.85. The number of aryl methyl sites for hydroxylation is 1. The SMILES string of the molecule is C=CC(=O)N(C)C1CCCN(C(=C)c2c(Cl)c[nH]c2C)C1. The molecule has 1 atom stereocenters. The number of amides is 1. The Balaban J connectivity index is 2.13.